The third-order valence-electron chi connectivity index (χ3n) is 4.01. The van der Waals surface area contributed by atoms with Crippen molar-refractivity contribution in [1.29, 1.82) is 0 Å². The van der Waals surface area contributed by atoms with Gasteiger partial charge in [-0.15, -0.1) is 11.8 Å². The molecule has 1 aromatic carbocycles. The average Bonchev–Trinajstić information content (AvgIpc) is 2.63. The number of carbonyl (C=O) groups excluding carboxylic acids is 1. The first-order valence-corrected chi connectivity index (χ1v) is 8.77. The van der Waals surface area contributed by atoms with E-state index in [-0.39, 0.29) is 5.91 Å². The fourth-order valence-corrected chi connectivity index (χ4v) is 3.10. The standard InChI is InChI=1S/C18H22N2O2S/c1-4-18(22-2,14-9-6-5-7-10-14)13-20-16(21)15-11-8-12-19-17(15)23-3/h5-12H,4,13H2,1-3H3,(H,20,21). The molecule has 1 aromatic heterocycles. The van der Waals surface area contributed by atoms with Crippen LogP contribution >= 0.6 is 11.8 Å². The second kappa shape index (κ2) is 8.13. The number of rotatable bonds is 7. The molecule has 0 aliphatic carbocycles. The van der Waals surface area contributed by atoms with Gasteiger partial charge in [-0.1, -0.05) is 37.3 Å². The number of pyridine rings is 1. The Bertz CT molecular complexity index is 642. The summed E-state index contributed by atoms with van der Waals surface area (Å²) < 4.78 is 5.78. The molecule has 0 saturated heterocycles. The summed E-state index contributed by atoms with van der Waals surface area (Å²) in [4.78, 5) is 16.7. The van der Waals surface area contributed by atoms with E-state index in [9.17, 15) is 4.79 Å². The molecule has 0 radical (unpaired) electrons. The third-order valence-corrected chi connectivity index (χ3v) is 4.72. The van der Waals surface area contributed by atoms with Gasteiger partial charge in [-0.05, 0) is 30.4 Å². The molecule has 0 bridgehead atoms. The molecule has 0 spiro atoms. The summed E-state index contributed by atoms with van der Waals surface area (Å²) >= 11 is 1.46. The van der Waals surface area contributed by atoms with Gasteiger partial charge in [0.05, 0.1) is 12.1 Å². The number of nitrogens with zero attached hydrogens (tertiary/aromatic N) is 1. The lowest BCUT2D eigenvalue weighted by molar-refractivity contribution is -0.0164. The Morgan fingerprint density at radius 2 is 2.00 bits per heavy atom. The number of hydrogen-bond donors (Lipinski definition) is 1. The first kappa shape index (κ1) is 17.5. The van der Waals surface area contributed by atoms with Crippen LogP contribution < -0.4 is 5.32 Å². The van der Waals surface area contributed by atoms with Gasteiger partial charge in [-0.25, -0.2) is 4.98 Å². The van der Waals surface area contributed by atoms with Crippen molar-refractivity contribution in [2.24, 2.45) is 0 Å². The Morgan fingerprint density at radius 1 is 1.26 bits per heavy atom. The van der Waals surface area contributed by atoms with Crippen LogP contribution in [0.15, 0.2) is 53.7 Å². The summed E-state index contributed by atoms with van der Waals surface area (Å²) in [6, 6.07) is 13.5. The number of nitrogens with one attached hydrogen (secondary N) is 1. The minimum absolute atomic E-state index is 0.131. The molecule has 1 amide bonds. The Hall–Kier alpha value is -1.85. The summed E-state index contributed by atoms with van der Waals surface area (Å²) in [5.74, 6) is -0.131. The van der Waals surface area contributed by atoms with E-state index in [1.54, 1.807) is 25.4 Å². The van der Waals surface area contributed by atoms with Crippen molar-refractivity contribution in [3.63, 3.8) is 0 Å². The lowest BCUT2D eigenvalue weighted by Crippen LogP contribution is -2.42. The molecule has 2 aromatic rings. The normalized spacial score (nSPS) is 13.3. The quantitative estimate of drug-likeness (QED) is 0.790. The van der Waals surface area contributed by atoms with Crippen LogP contribution in [0.25, 0.3) is 0 Å². The maximum absolute atomic E-state index is 12.5. The van der Waals surface area contributed by atoms with E-state index in [4.69, 9.17) is 4.74 Å². The van der Waals surface area contributed by atoms with Crippen molar-refractivity contribution in [2.45, 2.75) is 24.0 Å². The highest BCUT2D eigenvalue weighted by molar-refractivity contribution is 7.98. The molecule has 4 nitrogen and oxygen atoms in total. The highest BCUT2D eigenvalue weighted by Crippen LogP contribution is 2.28. The Balaban J connectivity index is 2.18. The number of ether oxygens (including phenoxy) is 1. The van der Waals surface area contributed by atoms with Gasteiger partial charge < -0.3 is 10.1 Å². The van der Waals surface area contributed by atoms with Gasteiger partial charge in [0, 0.05) is 13.3 Å². The van der Waals surface area contributed by atoms with E-state index >= 15 is 0 Å². The number of amides is 1. The van der Waals surface area contributed by atoms with Gasteiger partial charge in [-0.3, -0.25) is 4.79 Å². The van der Waals surface area contributed by atoms with Crippen LogP contribution in [-0.2, 0) is 10.3 Å². The molecule has 23 heavy (non-hydrogen) atoms. The summed E-state index contributed by atoms with van der Waals surface area (Å²) in [5.41, 5.74) is 1.12. The Kier molecular flexibility index (Phi) is 6.19. The number of carbonyl (C=O) groups is 1. The van der Waals surface area contributed by atoms with E-state index in [0.29, 0.717) is 12.1 Å². The summed E-state index contributed by atoms with van der Waals surface area (Å²) in [6.45, 7) is 2.46. The zero-order chi connectivity index (χ0) is 16.7. The molecule has 1 atom stereocenters. The SMILES string of the molecule is CCC(CNC(=O)c1cccnc1SC)(OC)c1ccccc1. The largest absolute Gasteiger partial charge is 0.372 e. The van der Waals surface area contributed by atoms with Crippen LogP contribution in [0.4, 0.5) is 0 Å². The van der Waals surface area contributed by atoms with Crippen molar-refractivity contribution < 1.29 is 9.53 Å². The predicted molar refractivity (Wildman–Crippen MR) is 93.8 cm³/mol. The fraction of sp³-hybridized carbons (Fsp3) is 0.333. The van der Waals surface area contributed by atoms with E-state index in [1.807, 2.05) is 36.6 Å². The molecule has 1 N–H and O–H groups in total. The van der Waals surface area contributed by atoms with E-state index in [1.165, 1.54) is 11.8 Å². The fourth-order valence-electron chi connectivity index (χ4n) is 2.55. The number of aromatic nitrogens is 1. The topological polar surface area (TPSA) is 51.2 Å². The van der Waals surface area contributed by atoms with Crippen LogP contribution in [0.5, 0.6) is 0 Å². The van der Waals surface area contributed by atoms with Crippen LogP contribution in [0.1, 0.15) is 29.3 Å². The van der Waals surface area contributed by atoms with Gasteiger partial charge in [0.15, 0.2) is 0 Å². The minimum Gasteiger partial charge on any atom is -0.372 e. The Morgan fingerprint density at radius 3 is 2.61 bits per heavy atom. The summed E-state index contributed by atoms with van der Waals surface area (Å²) in [6.07, 6.45) is 4.36. The van der Waals surface area contributed by atoms with Gasteiger partial charge in [0.2, 0.25) is 0 Å². The predicted octanol–water partition coefficient (Wildman–Crippen LogP) is 3.49. The summed E-state index contributed by atoms with van der Waals surface area (Å²) in [5, 5.41) is 3.72. The van der Waals surface area contributed by atoms with Crippen molar-refractivity contribution in [1.82, 2.24) is 10.3 Å². The van der Waals surface area contributed by atoms with Gasteiger partial charge in [-0.2, -0.15) is 0 Å². The smallest absolute Gasteiger partial charge is 0.254 e. The summed E-state index contributed by atoms with van der Waals surface area (Å²) in [7, 11) is 1.68. The molecule has 2 rings (SSSR count). The molecule has 0 aliphatic heterocycles. The van der Waals surface area contributed by atoms with E-state index in [2.05, 4.69) is 17.2 Å². The number of hydrogen-bond acceptors (Lipinski definition) is 4. The molecule has 122 valence electrons. The van der Waals surface area contributed by atoms with Gasteiger partial charge in [0.25, 0.3) is 5.91 Å². The highest BCUT2D eigenvalue weighted by Gasteiger charge is 2.30. The molecule has 5 heteroatoms. The van der Waals surface area contributed by atoms with E-state index < -0.39 is 5.60 Å². The molecule has 0 fully saturated rings. The van der Waals surface area contributed by atoms with Crippen LogP contribution in [0.3, 0.4) is 0 Å². The van der Waals surface area contributed by atoms with Crippen molar-refractivity contribution >= 4 is 17.7 Å². The molecule has 0 aliphatic rings. The molecule has 1 heterocycles. The van der Waals surface area contributed by atoms with Gasteiger partial charge >= 0.3 is 0 Å². The maximum Gasteiger partial charge on any atom is 0.254 e. The lowest BCUT2D eigenvalue weighted by Gasteiger charge is -2.32. The zero-order valence-corrected chi connectivity index (χ0v) is 14.5. The van der Waals surface area contributed by atoms with Gasteiger partial charge in [0.1, 0.15) is 10.6 Å². The Labute approximate surface area is 141 Å². The number of thioether (sulfide) groups is 1. The average molecular weight is 330 g/mol. The molecule has 1 unspecified atom stereocenters. The second-order valence-electron chi connectivity index (χ2n) is 5.16. The first-order chi connectivity index (χ1) is 11.2. The molecular weight excluding hydrogens is 308 g/mol. The highest BCUT2D eigenvalue weighted by atomic mass is 32.2. The van der Waals surface area contributed by atoms with Crippen molar-refractivity contribution in [2.75, 3.05) is 19.9 Å². The lowest BCUT2D eigenvalue weighted by atomic mass is 9.90. The molecule has 0 saturated carbocycles. The minimum atomic E-state index is -0.529. The van der Waals surface area contributed by atoms with Crippen LogP contribution in [0, 0.1) is 0 Å². The first-order valence-electron chi connectivity index (χ1n) is 7.54. The van der Waals surface area contributed by atoms with Crippen molar-refractivity contribution in [3.05, 3.63) is 59.8 Å². The van der Waals surface area contributed by atoms with E-state index in [0.717, 1.165) is 17.0 Å². The zero-order valence-electron chi connectivity index (χ0n) is 13.7. The third kappa shape index (κ3) is 3.92. The monoisotopic (exact) mass is 330 g/mol. The molecular formula is C18H22N2O2S. The van der Waals surface area contributed by atoms with Crippen molar-refractivity contribution in [3.8, 4) is 0 Å². The maximum atomic E-state index is 12.5. The second-order valence-corrected chi connectivity index (χ2v) is 5.96. The number of methoxy groups -OCH3 is 1. The van der Waals surface area contributed by atoms with Crippen LogP contribution in [0.2, 0.25) is 0 Å². The number of benzene rings is 1. The van der Waals surface area contributed by atoms with Crippen LogP contribution in [-0.4, -0.2) is 30.8 Å².